The van der Waals surface area contributed by atoms with E-state index in [9.17, 15) is 0 Å². The molecule has 0 radical (unpaired) electrons. The van der Waals surface area contributed by atoms with E-state index in [1.54, 1.807) is 35.5 Å². The normalized spacial score (nSPS) is 12.3. The molecule has 1 unspecified atom stereocenters. The van der Waals surface area contributed by atoms with Gasteiger partial charge in [-0.25, -0.2) is 0 Å². The third-order valence-corrected chi connectivity index (χ3v) is 12.1. The standard InChI is InChI=1S/C17H30N2O3Si.C12H21NO3Si/c1-4-17(16-10-6-5-7-11-16)19-13-9-15-23(20-2,21-3)22-14-8-12-18;1-14-17(15-2,16-3)11-7-10-13-12-8-5-4-6-9-12/h4-7,10-11,17,19H,1,8-9,12-15,18H2,2-3H3;4-6,8-9,13H,7,10-11H2,1-3H3. The number of nitrogens with two attached hydrogens (primary N) is 1. The van der Waals surface area contributed by atoms with Crippen molar-refractivity contribution >= 4 is 23.3 Å². The molecule has 2 rings (SSSR count). The number of para-hydroxylation sites is 1. The number of nitrogens with one attached hydrogen (secondary N) is 2. The lowest BCUT2D eigenvalue weighted by Crippen LogP contribution is -2.44. The molecule has 0 aliphatic rings. The van der Waals surface area contributed by atoms with Crippen molar-refractivity contribution < 1.29 is 26.6 Å². The zero-order chi connectivity index (χ0) is 29.5. The predicted octanol–water partition coefficient (Wildman–Crippen LogP) is 4.86. The molecule has 0 aliphatic carbocycles. The predicted molar refractivity (Wildman–Crippen MR) is 167 cm³/mol. The molecule has 0 fully saturated rings. The fraction of sp³-hybridized carbons (Fsp3) is 0.517. The van der Waals surface area contributed by atoms with E-state index >= 15 is 0 Å². The fourth-order valence-electron chi connectivity index (χ4n) is 4.00. The Kier molecular flexibility index (Phi) is 19.7. The first-order chi connectivity index (χ1) is 19.5. The molecule has 0 aromatic heterocycles. The van der Waals surface area contributed by atoms with Gasteiger partial charge < -0.3 is 42.9 Å². The van der Waals surface area contributed by atoms with Crippen molar-refractivity contribution in [2.75, 3.05) is 67.1 Å². The van der Waals surface area contributed by atoms with Gasteiger partial charge in [0, 0.05) is 66.5 Å². The van der Waals surface area contributed by atoms with Crippen molar-refractivity contribution in [2.45, 2.75) is 37.4 Å². The number of anilines is 1. The van der Waals surface area contributed by atoms with Crippen LogP contribution in [0.25, 0.3) is 0 Å². The Balaban J connectivity index is 0.000000418. The Morgan fingerprint density at radius 3 is 1.80 bits per heavy atom. The van der Waals surface area contributed by atoms with Crippen LogP contribution in [0.4, 0.5) is 5.69 Å². The summed E-state index contributed by atoms with van der Waals surface area (Å²) in [5.41, 5.74) is 7.84. The van der Waals surface area contributed by atoms with Gasteiger partial charge in [0.15, 0.2) is 0 Å². The molecule has 1 atom stereocenters. The Bertz CT molecular complexity index is 866. The molecule has 2 aromatic rings. The van der Waals surface area contributed by atoms with E-state index in [1.165, 1.54) is 5.56 Å². The quantitative estimate of drug-likeness (QED) is 0.106. The second-order valence-electron chi connectivity index (χ2n) is 8.96. The van der Waals surface area contributed by atoms with Gasteiger partial charge in [0.2, 0.25) is 0 Å². The van der Waals surface area contributed by atoms with Crippen LogP contribution in [0.15, 0.2) is 73.3 Å². The summed E-state index contributed by atoms with van der Waals surface area (Å²) < 4.78 is 33.0. The van der Waals surface area contributed by atoms with Crippen molar-refractivity contribution in [1.82, 2.24) is 5.32 Å². The number of hydrogen-bond donors (Lipinski definition) is 3. The molecule has 0 amide bonds. The van der Waals surface area contributed by atoms with Gasteiger partial charge in [0.1, 0.15) is 0 Å². The van der Waals surface area contributed by atoms with Crippen LogP contribution in [-0.4, -0.2) is 79.4 Å². The smallest absolute Gasteiger partial charge is 0.385 e. The highest BCUT2D eigenvalue weighted by molar-refractivity contribution is 6.60. The highest BCUT2D eigenvalue weighted by Crippen LogP contribution is 2.18. The molecule has 0 spiro atoms. The van der Waals surface area contributed by atoms with Gasteiger partial charge in [-0.15, -0.1) is 6.58 Å². The molecular formula is C29H51N3O6Si2. The topological polar surface area (TPSA) is 105 Å². The summed E-state index contributed by atoms with van der Waals surface area (Å²) in [4.78, 5) is 0. The molecule has 0 heterocycles. The molecule has 0 saturated heterocycles. The third-order valence-electron chi connectivity index (χ3n) is 6.41. The highest BCUT2D eigenvalue weighted by atomic mass is 28.4. The van der Waals surface area contributed by atoms with E-state index in [-0.39, 0.29) is 6.04 Å². The highest BCUT2D eigenvalue weighted by Gasteiger charge is 2.38. The van der Waals surface area contributed by atoms with Crippen molar-refractivity contribution in [3.8, 4) is 0 Å². The van der Waals surface area contributed by atoms with Crippen molar-refractivity contribution in [3.05, 3.63) is 78.9 Å². The minimum absolute atomic E-state index is 0.149. The minimum Gasteiger partial charge on any atom is -0.385 e. The summed E-state index contributed by atoms with van der Waals surface area (Å²) >= 11 is 0. The summed E-state index contributed by atoms with van der Waals surface area (Å²) in [5, 5.41) is 6.84. The Morgan fingerprint density at radius 1 is 0.750 bits per heavy atom. The first-order valence-corrected chi connectivity index (χ1v) is 17.6. The Morgan fingerprint density at radius 2 is 1.27 bits per heavy atom. The Hall–Kier alpha value is -1.91. The van der Waals surface area contributed by atoms with Gasteiger partial charge in [0.25, 0.3) is 0 Å². The van der Waals surface area contributed by atoms with Crippen molar-refractivity contribution in [2.24, 2.45) is 5.73 Å². The van der Waals surface area contributed by atoms with E-state index in [4.69, 9.17) is 32.3 Å². The maximum atomic E-state index is 5.85. The number of benzene rings is 2. The van der Waals surface area contributed by atoms with E-state index < -0.39 is 17.6 Å². The van der Waals surface area contributed by atoms with Gasteiger partial charge in [-0.1, -0.05) is 54.6 Å². The molecule has 0 aliphatic heterocycles. The lowest BCUT2D eigenvalue weighted by atomic mass is 10.1. The second kappa shape index (κ2) is 21.8. The molecule has 40 heavy (non-hydrogen) atoms. The van der Waals surface area contributed by atoms with Gasteiger partial charge >= 0.3 is 17.6 Å². The molecule has 226 valence electrons. The molecule has 11 heteroatoms. The molecule has 0 bridgehead atoms. The summed E-state index contributed by atoms with van der Waals surface area (Å²) in [6.07, 6.45) is 4.60. The van der Waals surface area contributed by atoms with Crippen LogP contribution in [0.2, 0.25) is 12.1 Å². The summed E-state index contributed by atoms with van der Waals surface area (Å²) in [6, 6.07) is 22.1. The average Bonchev–Trinajstić information content (AvgIpc) is 3.02. The van der Waals surface area contributed by atoms with Crippen molar-refractivity contribution in [1.29, 1.82) is 0 Å². The first kappa shape index (κ1) is 36.1. The monoisotopic (exact) mass is 593 g/mol. The number of hydrogen-bond acceptors (Lipinski definition) is 9. The summed E-state index contributed by atoms with van der Waals surface area (Å²) in [6.45, 7) is 6.82. The third kappa shape index (κ3) is 13.6. The summed E-state index contributed by atoms with van der Waals surface area (Å²) in [5.74, 6) is 0. The van der Waals surface area contributed by atoms with Crippen molar-refractivity contribution in [3.63, 3.8) is 0 Å². The lowest BCUT2D eigenvalue weighted by Gasteiger charge is -2.26. The van der Waals surface area contributed by atoms with Crippen LogP contribution >= 0.6 is 0 Å². The van der Waals surface area contributed by atoms with Gasteiger partial charge in [-0.2, -0.15) is 0 Å². The molecule has 2 aromatic carbocycles. The van der Waals surface area contributed by atoms with Crippen LogP contribution in [0.1, 0.15) is 30.9 Å². The molecule has 4 N–H and O–H groups in total. The van der Waals surface area contributed by atoms with E-state index in [1.807, 2.05) is 54.6 Å². The van der Waals surface area contributed by atoms with E-state index in [2.05, 4.69) is 29.3 Å². The summed E-state index contributed by atoms with van der Waals surface area (Å²) in [7, 11) is 3.28. The van der Waals surface area contributed by atoms with Crippen LogP contribution < -0.4 is 16.4 Å². The van der Waals surface area contributed by atoms with Crippen LogP contribution in [-0.2, 0) is 26.6 Å². The molecular weight excluding hydrogens is 543 g/mol. The average molecular weight is 594 g/mol. The second-order valence-corrected chi connectivity index (χ2v) is 15.0. The minimum atomic E-state index is -2.56. The zero-order valence-corrected chi connectivity index (χ0v) is 27.0. The number of rotatable bonds is 21. The maximum Gasteiger partial charge on any atom is 0.500 e. The molecule has 9 nitrogen and oxygen atoms in total. The molecule has 0 saturated carbocycles. The Labute approximate surface area is 244 Å². The maximum absolute atomic E-state index is 5.85. The van der Waals surface area contributed by atoms with Gasteiger partial charge in [0.05, 0.1) is 6.04 Å². The van der Waals surface area contributed by atoms with Crippen LogP contribution in [0.3, 0.4) is 0 Å². The van der Waals surface area contributed by atoms with E-state index in [0.717, 1.165) is 50.1 Å². The van der Waals surface area contributed by atoms with Crippen LogP contribution in [0.5, 0.6) is 0 Å². The van der Waals surface area contributed by atoms with Gasteiger partial charge in [-0.05, 0) is 50.0 Å². The lowest BCUT2D eigenvalue weighted by molar-refractivity contribution is 0.0971. The SMILES string of the molecule is C=CC(NCCC[Si](OC)(OC)OCCCN)c1ccccc1.CO[Si](CCCNc1ccccc1)(OC)OC. The van der Waals surface area contributed by atoms with Crippen LogP contribution in [0, 0.1) is 0 Å². The largest absolute Gasteiger partial charge is 0.500 e. The van der Waals surface area contributed by atoms with Gasteiger partial charge in [-0.3, -0.25) is 0 Å². The first-order valence-electron chi connectivity index (χ1n) is 13.8. The fourth-order valence-corrected chi connectivity index (χ4v) is 7.74. The van der Waals surface area contributed by atoms with E-state index in [0.29, 0.717) is 13.2 Å². The zero-order valence-electron chi connectivity index (χ0n) is 25.0.